The van der Waals surface area contributed by atoms with Crippen LogP contribution in [0.1, 0.15) is 57.8 Å². The van der Waals surface area contributed by atoms with Crippen molar-refractivity contribution in [1.82, 2.24) is 4.31 Å². The molecule has 0 aromatic heterocycles. The Morgan fingerprint density at radius 3 is 2.15 bits per heavy atom. The van der Waals surface area contributed by atoms with Gasteiger partial charge in [0.2, 0.25) is 10.0 Å². The third kappa shape index (κ3) is 2.90. The molecule has 3 fully saturated rings. The first kappa shape index (κ1) is 14.8. The number of methoxy groups -OCH3 is 1. The number of fused-ring (bicyclic) bond motifs is 2. The van der Waals surface area contributed by atoms with Crippen molar-refractivity contribution in [3.05, 3.63) is 0 Å². The minimum atomic E-state index is -3.07. The molecule has 3 rings (SSSR count). The van der Waals surface area contributed by atoms with Crippen LogP contribution in [0.3, 0.4) is 0 Å². The van der Waals surface area contributed by atoms with E-state index in [0.717, 1.165) is 38.5 Å². The van der Waals surface area contributed by atoms with Gasteiger partial charge in [-0.25, -0.2) is 8.42 Å². The lowest BCUT2D eigenvalue weighted by atomic mass is 9.91. The molecular formula is C15H27NO3S. The third-order valence-electron chi connectivity index (χ3n) is 5.45. The molecular weight excluding hydrogens is 274 g/mol. The van der Waals surface area contributed by atoms with Crippen LogP contribution in [0.15, 0.2) is 0 Å². The van der Waals surface area contributed by atoms with Crippen LogP contribution < -0.4 is 0 Å². The Morgan fingerprint density at radius 2 is 1.60 bits per heavy atom. The predicted octanol–water partition coefficient (Wildman–Crippen LogP) is 2.54. The maximum absolute atomic E-state index is 12.8. The Morgan fingerprint density at radius 1 is 1.00 bits per heavy atom. The highest BCUT2D eigenvalue weighted by Gasteiger charge is 2.47. The molecule has 1 saturated carbocycles. The van der Waals surface area contributed by atoms with Crippen molar-refractivity contribution in [2.75, 3.05) is 12.9 Å². The minimum absolute atomic E-state index is 0.201. The molecule has 116 valence electrons. The van der Waals surface area contributed by atoms with Crippen molar-refractivity contribution < 1.29 is 13.2 Å². The van der Waals surface area contributed by atoms with E-state index in [0.29, 0.717) is 11.7 Å². The van der Waals surface area contributed by atoms with Gasteiger partial charge in [-0.15, -0.1) is 0 Å². The number of piperidine rings is 1. The van der Waals surface area contributed by atoms with Crippen molar-refractivity contribution in [1.29, 1.82) is 0 Å². The Hall–Kier alpha value is -0.130. The zero-order valence-corrected chi connectivity index (χ0v) is 13.3. The maximum atomic E-state index is 12.8. The fourth-order valence-corrected chi connectivity index (χ4v) is 6.86. The predicted molar refractivity (Wildman–Crippen MR) is 79.0 cm³/mol. The molecule has 0 spiro atoms. The van der Waals surface area contributed by atoms with Crippen LogP contribution in [0, 0.1) is 5.92 Å². The quantitative estimate of drug-likeness (QED) is 0.801. The summed E-state index contributed by atoms with van der Waals surface area (Å²) in [4.78, 5) is 0. The topological polar surface area (TPSA) is 46.6 Å². The second-order valence-electron chi connectivity index (χ2n) is 6.83. The zero-order chi connectivity index (χ0) is 14.2. The Labute approximate surface area is 122 Å². The number of rotatable bonds is 4. The van der Waals surface area contributed by atoms with Crippen LogP contribution in [0.25, 0.3) is 0 Å². The third-order valence-corrected chi connectivity index (χ3v) is 7.58. The van der Waals surface area contributed by atoms with Gasteiger partial charge >= 0.3 is 0 Å². The van der Waals surface area contributed by atoms with Crippen LogP contribution in [0.5, 0.6) is 0 Å². The van der Waals surface area contributed by atoms with Crippen LogP contribution in [-0.4, -0.2) is 43.8 Å². The monoisotopic (exact) mass is 301 g/mol. The van der Waals surface area contributed by atoms with Crippen molar-refractivity contribution in [3.63, 3.8) is 0 Å². The number of ether oxygens (including phenoxy) is 1. The molecule has 0 aromatic carbocycles. The van der Waals surface area contributed by atoms with Gasteiger partial charge in [0.1, 0.15) is 0 Å². The lowest BCUT2D eigenvalue weighted by Crippen LogP contribution is -2.49. The van der Waals surface area contributed by atoms with Crippen LogP contribution in [0.4, 0.5) is 0 Å². The summed E-state index contributed by atoms with van der Waals surface area (Å²) in [5.74, 6) is 0.783. The fourth-order valence-electron chi connectivity index (χ4n) is 4.47. The van der Waals surface area contributed by atoms with Crippen LogP contribution in [-0.2, 0) is 14.8 Å². The van der Waals surface area contributed by atoms with Gasteiger partial charge in [-0.2, -0.15) is 4.31 Å². The Balaban J connectivity index is 1.68. The first-order valence-corrected chi connectivity index (χ1v) is 9.75. The van der Waals surface area contributed by atoms with Gasteiger partial charge in [0.05, 0.1) is 11.9 Å². The van der Waals surface area contributed by atoms with E-state index in [2.05, 4.69) is 0 Å². The van der Waals surface area contributed by atoms with Gasteiger partial charge in [-0.3, -0.25) is 0 Å². The molecule has 2 bridgehead atoms. The molecule has 0 aromatic rings. The van der Waals surface area contributed by atoms with Gasteiger partial charge in [-0.1, -0.05) is 19.3 Å². The van der Waals surface area contributed by atoms with E-state index in [1.807, 2.05) is 4.31 Å². The highest BCUT2D eigenvalue weighted by molar-refractivity contribution is 7.89. The normalized spacial score (nSPS) is 36.4. The van der Waals surface area contributed by atoms with Crippen LogP contribution in [0.2, 0.25) is 0 Å². The van der Waals surface area contributed by atoms with Gasteiger partial charge < -0.3 is 4.74 Å². The molecule has 2 unspecified atom stereocenters. The average Bonchev–Trinajstić information content (AvgIpc) is 2.72. The smallest absolute Gasteiger partial charge is 0.214 e. The van der Waals surface area contributed by atoms with Gasteiger partial charge in [-0.05, 0) is 44.4 Å². The summed E-state index contributed by atoms with van der Waals surface area (Å²) >= 11 is 0. The first-order chi connectivity index (χ1) is 9.60. The number of hydrogen-bond acceptors (Lipinski definition) is 3. The number of hydrogen-bond donors (Lipinski definition) is 0. The molecule has 4 nitrogen and oxygen atoms in total. The van der Waals surface area contributed by atoms with E-state index in [-0.39, 0.29) is 18.2 Å². The molecule has 20 heavy (non-hydrogen) atoms. The fraction of sp³-hybridized carbons (Fsp3) is 1.00. The standard InChI is InChI=1S/C15H27NO3S/c1-19-15-9-13-7-8-14(10-15)16(13)20(17,18)11-12-5-3-2-4-6-12/h12-15H,2-11H2,1H3. The molecule has 5 heteroatoms. The highest BCUT2D eigenvalue weighted by Crippen LogP contribution is 2.39. The summed E-state index contributed by atoms with van der Waals surface area (Å²) in [6.45, 7) is 0. The summed E-state index contributed by atoms with van der Waals surface area (Å²) in [6, 6.07) is 0.402. The van der Waals surface area contributed by atoms with Gasteiger partial charge in [0, 0.05) is 19.2 Å². The Bertz CT molecular complexity index is 416. The number of nitrogens with zero attached hydrogens (tertiary/aromatic N) is 1. The molecule has 3 aliphatic rings. The van der Waals surface area contributed by atoms with E-state index in [1.54, 1.807) is 7.11 Å². The summed E-state index contributed by atoms with van der Waals surface area (Å²) in [6.07, 6.45) is 9.97. The van der Waals surface area contributed by atoms with Gasteiger partial charge in [0.15, 0.2) is 0 Å². The molecule has 0 radical (unpaired) electrons. The lowest BCUT2D eigenvalue weighted by molar-refractivity contribution is 0.0348. The van der Waals surface area contributed by atoms with Crippen molar-refractivity contribution in [2.45, 2.75) is 76.0 Å². The minimum Gasteiger partial charge on any atom is -0.381 e. The first-order valence-electron chi connectivity index (χ1n) is 8.14. The molecule has 1 aliphatic carbocycles. The van der Waals surface area contributed by atoms with E-state index in [9.17, 15) is 8.42 Å². The summed E-state index contributed by atoms with van der Waals surface area (Å²) in [5.41, 5.74) is 0. The van der Waals surface area contributed by atoms with Crippen molar-refractivity contribution >= 4 is 10.0 Å². The molecule has 2 aliphatic heterocycles. The molecule has 2 saturated heterocycles. The SMILES string of the molecule is COC1CC2CCC(C1)N2S(=O)(=O)CC1CCCCC1. The summed E-state index contributed by atoms with van der Waals surface area (Å²) < 4.78 is 32.9. The second-order valence-corrected chi connectivity index (χ2v) is 8.75. The summed E-state index contributed by atoms with van der Waals surface area (Å²) in [5, 5.41) is 0. The number of sulfonamides is 1. The zero-order valence-electron chi connectivity index (χ0n) is 12.5. The average molecular weight is 301 g/mol. The Kier molecular flexibility index (Phi) is 4.39. The molecule has 0 N–H and O–H groups in total. The van der Waals surface area contributed by atoms with E-state index < -0.39 is 10.0 Å². The largest absolute Gasteiger partial charge is 0.381 e. The van der Waals surface area contributed by atoms with E-state index in [1.165, 1.54) is 19.3 Å². The molecule has 2 atom stereocenters. The van der Waals surface area contributed by atoms with E-state index in [4.69, 9.17) is 4.74 Å². The van der Waals surface area contributed by atoms with Crippen molar-refractivity contribution in [3.8, 4) is 0 Å². The summed E-state index contributed by atoms with van der Waals surface area (Å²) in [7, 11) is -1.33. The van der Waals surface area contributed by atoms with Crippen molar-refractivity contribution in [2.24, 2.45) is 5.92 Å². The maximum Gasteiger partial charge on any atom is 0.214 e. The van der Waals surface area contributed by atoms with Gasteiger partial charge in [0.25, 0.3) is 0 Å². The molecule has 2 heterocycles. The molecule has 0 amide bonds. The van der Waals surface area contributed by atoms with E-state index >= 15 is 0 Å². The van der Waals surface area contributed by atoms with Crippen LogP contribution >= 0.6 is 0 Å². The lowest BCUT2D eigenvalue weighted by Gasteiger charge is -2.38. The second kappa shape index (κ2) is 5.93. The highest BCUT2D eigenvalue weighted by atomic mass is 32.2.